The van der Waals surface area contributed by atoms with E-state index in [1.54, 1.807) is 55.5 Å². The molecule has 1 aliphatic rings. The molecule has 180 valence electrons. The summed E-state index contributed by atoms with van der Waals surface area (Å²) in [4.78, 5) is 28.2. The monoisotopic (exact) mass is 471 g/mol. The summed E-state index contributed by atoms with van der Waals surface area (Å²) in [6.45, 7) is 9.81. The van der Waals surface area contributed by atoms with E-state index in [1.165, 1.54) is 4.90 Å². The van der Waals surface area contributed by atoms with Crippen LogP contribution in [0.1, 0.15) is 66.8 Å². The van der Waals surface area contributed by atoms with Gasteiger partial charge in [-0.05, 0) is 62.1 Å². The molecule has 1 unspecified atom stereocenters. The first-order valence-electron chi connectivity index (χ1n) is 11.7. The van der Waals surface area contributed by atoms with Gasteiger partial charge in [-0.3, -0.25) is 14.5 Å². The van der Waals surface area contributed by atoms with Crippen molar-refractivity contribution in [3.63, 3.8) is 0 Å². The molecule has 0 bridgehead atoms. The number of aryl methyl sites for hydroxylation is 1. The van der Waals surface area contributed by atoms with E-state index < -0.39 is 23.5 Å². The van der Waals surface area contributed by atoms with Crippen LogP contribution in [0.4, 0.5) is 5.82 Å². The average molecular weight is 472 g/mol. The van der Waals surface area contributed by atoms with Gasteiger partial charge in [-0.2, -0.15) is 5.10 Å². The second-order valence-corrected chi connectivity index (χ2v) is 9.21. The van der Waals surface area contributed by atoms with Crippen molar-refractivity contribution < 1.29 is 19.4 Å². The van der Waals surface area contributed by atoms with Crippen LogP contribution in [0.3, 0.4) is 0 Å². The lowest BCUT2D eigenvalue weighted by atomic mass is 9.91. The van der Waals surface area contributed by atoms with Crippen LogP contribution in [0.5, 0.6) is 5.75 Å². The van der Waals surface area contributed by atoms with Crippen LogP contribution in [-0.4, -0.2) is 33.1 Å². The van der Waals surface area contributed by atoms with Crippen molar-refractivity contribution in [2.75, 3.05) is 4.90 Å². The number of hydrogen-bond acceptors (Lipinski definition) is 6. The summed E-state index contributed by atoms with van der Waals surface area (Å²) in [6.07, 6.45) is 0.00290. The molecule has 0 aliphatic carbocycles. The van der Waals surface area contributed by atoms with Crippen molar-refractivity contribution in [1.29, 1.82) is 0 Å². The summed E-state index contributed by atoms with van der Waals surface area (Å²) >= 11 is 0. The Hall–Kier alpha value is -4.00. The van der Waals surface area contributed by atoms with E-state index in [0.717, 1.165) is 5.56 Å². The summed E-state index contributed by atoms with van der Waals surface area (Å²) in [5.74, 6) is -0.468. The van der Waals surface area contributed by atoms with Crippen molar-refractivity contribution in [3.05, 3.63) is 94.4 Å². The van der Waals surface area contributed by atoms with Crippen molar-refractivity contribution in [3.8, 4) is 5.75 Å². The Morgan fingerprint density at radius 2 is 1.60 bits per heavy atom. The molecule has 4 rings (SSSR count). The molecule has 2 aromatic carbocycles. The molecule has 1 aromatic heterocycles. The Kier molecular flexibility index (Phi) is 6.69. The number of aromatic nitrogens is 2. The molecule has 0 saturated carbocycles. The lowest BCUT2D eigenvalue weighted by molar-refractivity contribution is -0.117. The number of ether oxygens (including phenoxy) is 1. The van der Waals surface area contributed by atoms with Gasteiger partial charge in [-0.15, -0.1) is 5.10 Å². The van der Waals surface area contributed by atoms with E-state index in [-0.39, 0.29) is 17.5 Å². The molecule has 1 N–H and O–H groups in total. The maximum atomic E-state index is 13.7. The summed E-state index contributed by atoms with van der Waals surface area (Å²) in [6, 6.07) is 16.9. The zero-order chi connectivity index (χ0) is 25.3. The lowest BCUT2D eigenvalue weighted by Gasteiger charge is -2.26. The molecule has 2 heterocycles. The van der Waals surface area contributed by atoms with Gasteiger partial charge in [0.15, 0.2) is 17.4 Å². The minimum atomic E-state index is -0.870. The quantitative estimate of drug-likeness (QED) is 0.459. The zero-order valence-corrected chi connectivity index (χ0v) is 20.5. The molecule has 1 aliphatic heterocycles. The summed E-state index contributed by atoms with van der Waals surface area (Å²) in [5, 5.41) is 19.1. The number of amides is 1. The second-order valence-electron chi connectivity index (χ2n) is 9.21. The van der Waals surface area contributed by atoms with Crippen LogP contribution in [0.25, 0.3) is 0 Å². The van der Waals surface area contributed by atoms with Gasteiger partial charge >= 0.3 is 0 Å². The number of aliphatic hydroxyl groups is 1. The largest absolute Gasteiger partial charge is 0.503 e. The van der Waals surface area contributed by atoms with E-state index in [4.69, 9.17) is 4.74 Å². The molecule has 7 heteroatoms. The molecule has 35 heavy (non-hydrogen) atoms. The van der Waals surface area contributed by atoms with Crippen molar-refractivity contribution >= 4 is 17.5 Å². The van der Waals surface area contributed by atoms with Crippen LogP contribution in [0.15, 0.2) is 72.0 Å². The molecular weight excluding hydrogens is 442 g/mol. The minimum absolute atomic E-state index is 0.00290. The van der Waals surface area contributed by atoms with Gasteiger partial charge in [0.05, 0.1) is 23.4 Å². The van der Waals surface area contributed by atoms with Crippen molar-refractivity contribution in [2.45, 2.75) is 52.7 Å². The predicted molar refractivity (Wildman–Crippen MR) is 134 cm³/mol. The molecule has 3 aromatic rings. The minimum Gasteiger partial charge on any atom is -0.503 e. The molecule has 0 spiro atoms. The molecule has 0 fully saturated rings. The highest BCUT2D eigenvalue weighted by molar-refractivity contribution is 6.20. The summed E-state index contributed by atoms with van der Waals surface area (Å²) in [7, 11) is 0. The summed E-state index contributed by atoms with van der Waals surface area (Å²) < 4.78 is 5.74. The fourth-order valence-corrected chi connectivity index (χ4v) is 4.09. The predicted octanol–water partition coefficient (Wildman–Crippen LogP) is 5.48. The van der Waals surface area contributed by atoms with Crippen LogP contribution in [0, 0.1) is 6.92 Å². The van der Waals surface area contributed by atoms with Crippen LogP contribution in [-0.2, 0) is 4.79 Å². The molecule has 1 amide bonds. The Labute approximate surface area is 205 Å². The third kappa shape index (κ3) is 4.80. The van der Waals surface area contributed by atoms with Crippen LogP contribution >= 0.6 is 0 Å². The highest BCUT2D eigenvalue weighted by Crippen LogP contribution is 2.41. The standard InChI is InChI=1S/C28H29N3O4/c1-16(2)19-7-9-21(10-8-19)26(32)24-25(20-11-13-22(14-12-20)35-17(3)4)31(28(34)27(24)33)23-15-6-18(5)29-30-23/h6-17,25,33H,1-5H3. The van der Waals surface area contributed by atoms with Crippen molar-refractivity contribution in [1.82, 2.24) is 10.2 Å². The summed E-state index contributed by atoms with van der Waals surface area (Å²) in [5.41, 5.74) is 2.82. The fraction of sp³-hybridized carbons (Fsp3) is 0.286. The highest BCUT2D eigenvalue weighted by atomic mass is 16.5. The first-order valence-corrected chi connectivity index (χ1v) is 11.7. The van der Waals surface area contributed by atoms with Crippen LogP contribution < -0.4 is 9.64 Å². The van der Waals surface area contributed by atoms with Gasteiger partial charge in [-0.25, -0.2) is 0 Å². The van der Waals surface area contributed by atoms with E-state index in [0.29, 0.717) is 28.5 Å². The lowest BCUT2D eigenvalue weighted by Crippen LogP contribution is -2.32. The number of nitrogens with zero attached hydrogens (tertiary/aromatic N) is 3. The number of rotatable bonds is 7. The topological polar surface area (TPSA) is 92.6 Å². The molecule has 7 nitrogen and oxygen atoms in total. The number of anilines is 1. The third-order valence-electron chi connectivity index (χ3n) is 5.89. The fourth-order valence-electron chi connectivity index (χ4n) is 4.09. The Morgan fingerprint density at radius 1 is 0.943 bits per heavy atom. The maximum absolute atomic E-state index is 13.7. The average Bonchev–Trinajstić information content (AvgIpc) is 3.10. The van der Waals surface area contributed by atoms with Gasteiger partial charge in [0, 0.05) is 5.56 Å². The smallest absolute Gasteiger partial charge is 0.295 e. The van der Waals surface area contributed by atoms with Crippen molar-refractivity contribution in [2.24, 2.45) is 0 Å². The molecule has 0 radical (unpaired) electrons. The number of hydrogen-bond donors (Lipinski definition) is 1. The van der Waals surface area contributed by atoms with Gasteiger partial charge < -0.3 is 9.84 Å². The molecule has 1 atom stereocenters. The first kappa shape index (κ1) is 24.1. The SMILES string of the molecule is Cc1ccc(N2C(=O)C(O)=C(C(=O)c3ccc(C(C)C)cc3)C2c2ccc(OC(C)C)cc2)nn1. The zero-order valence-electron chi connectivity index (χ0n) is 20.5. The van der Waals surface area contributed by atoms with Gasteiger partial charge in [0.25, 0.3) is 5.91 Å². The van der Waals surface area contributed by atoms with Gasteiger partial charge in [0.1, 0.15) is 5.75 Å². The van der Waals surface area contributed by atoms with Gasteiger partial charge in [0.2, 0.25) is 0 Å². The second kappa shape index (κ2) is 9.70. The van der Waals surface area contributed by atoms with E-state index in [2.05, 4.69) is 24.0 Å². The van der Waals surface area contributed by atoms with E-state index >= 15 is 0 Å². The maximum Gasteiger partial charge on any atom is 0.295 e. The third-order valence-corrected chi connectivity index (χ3v) is 5.89. The number of Topliss-reactive ketones (excluding diaryl/α,β-unsaturated/α-hetero) is 1. The first-order chi connectivity index (χ1) is 16.7. The van der Waals surface area contributed by atoms with Gasteiger partial charge in [-0.1, -0.05) is 50.2 Å². The normalized spacial score (nSPS) is 15.9. The molecule has 0 saturated heterocycles. The number of benzene rings is 2. The molecular formula is C28H29N3O4. The Balaban J connectivity index is 1.80. The Bertz CT molecular complexity index is 1260. The number of carbonyl (C=O) groups is 2. The number of carbonyl (C=O) groups excluding carboxylic acids is 2. The number of ketones is 1. The van der Waals surface area contributed by atoms with E-state index in [1.807, 2.05) is 26.0 Å². The van der Waals surface area contributed by atoms with E-state index in [9.17, 15) is 14.7 Å². The Morgan fingerprint density at radius 3 is 2.14 bits per heavy atom. The van der Waals surface area contributed by atoms with Crippen LogP contribution in [0.2, 0.25) is 0 Å². The highest BCUT2D eigenvalue weighted by Gasteiger charge is 2.45. The number of aliphatic hydroxyl groups excluding tert-OH is 1.